The van der Waals surface area contributed by atoms with Crippen molar-refractivity contribution in [3.63, 3.8) is 0 Å². The van der Waals surface area contributed by atoms with Crippen molar-refractivity contribution in [3.05, 3.63) is 0 Å². The quantitative estimate of drug-likeness (QED) is 0.218. The zero-order valence-corrected chi connectivity index (χ0v) is 11.8. The van der Waals surface area contributed by atoms with Crippen LogP contribution in [0.3, 0.4) is 0 Å². The highest BCUT2D eigenvalue weighted by Crippen LogP contribution is 1.94. The van der Waals surface area contributed by atoms with Gasteiger partial charge < -0.3 is 21.0 Å². The van der Waals surface area contributed by atoms with Crippen LogP contribution in [0.25, 0.3) is 0 Å². The Morgan fingerprint density at radius 2 is 1.22 bits per heavy atom. The summed E-state index contributed by atoms with van der Waals surface area (Å²) in [5.41, 5.74) is 1.49. The summed E-state index contributed by atoms with van der Waals surface area (Å²) in [4.78, 5) is 0. The van der Waals surface area contributed by atoms with Crippen molar-refractivity contribution in [1.82, 2.24) is 10.6 Å². The Hall–Kier alpha value is -1.14. The Bertz CT molecular complexity index is 251. The third-order valence-electron chi connectivity index (χ3n) is 3.01. The topological polar surface area (TPSA) is 89.2 Å². The molecule has 0 aromatic carbocycles. The second-order valence-electron chi connectivity index (χ2n) is 4.24. The Labute approximate surface area is 109 Å². The summed E-state index contributed by atoms with van der Waals surface area (Å²) in [7, 11) is 0. The predicted molar refractivity (Wildman–Crippen MR) is 74.0 cm³/mol. The molecule has 0 amide bonds. The van der Waals surface area contributed by atoms with Crippen LogP contribution < -0.4 is 10.6 Å². The fourth-order valence-corrected chi connectivity index (χ4v) is 1.74. The standard InChI is InChI=1S/C12H26N4O2/c1-5-11(15-17)9(3)13-7-8-14-10(4)12(6-2)16-18/h9-10,13-14,17-18H,5-8H2,1-4H3/b15-11-,16-12-. The van der Waals surface area contributed by atoms with E-state index in [4.69, 9.17) is 10.4 Å². The lowest BCUT2D eigenvalue weighted by Crippen LogP contribution is -2.42. The molecule has 0 rings (SSSR count). The maximum absolute atomic E-state index is 8.77. The molecule has 0 aliphatic heterocycles. The smallest absolute Gasteiger partial charge is 0.0734 e. The molecule has 0 heterocycles. The lowest BCUT2D eigenvalue weighted by Gasteiger charge is -2.17. The van der Waals surface area contributed by atoms with Crippen molar-refractivity contribution < 1.29 is 10.4 Å². The fraction of sp³-hybridized carbons (Fsp3) is 0.833. The van der Waals surface area contributed by atoms with Gasteiger partial charge in [-0.3, -0.25) is 0 Å². The van der Waals surface area contributed by atoms with E-state index < -0.39 is 0 Å². The Morgan fingerprint density at radius 1 is 0.889 bits per heavy atom. The van der Waals surface area contributed by atoms with Crippen molar-refractivity contribution in [3.8, 4) is 0 Å². The van der Waals surface area contributed by atoms with E-state index in [9.17, 15) is 0 Å². The highest BCUT2D eigenvalue weighted by atomic mass is 16.4. The summed E-state index contributed by atoms with van der Waals surface area (Å²) in [6, 6.07) is 0.128. The van der Waals surface area contributed by atoms with Gasteiger partial charge in [0.2, 0.25) is 0 Å². The summed E-state index contributed by atoms with van der Waals surface area (Å²) in [6.45, 7) is 9.36. The van der Waals surface area contributed by atoms with E-state index in [1.807, 2.05) is 27.7 Å². The number of nitrogens with zero attached hydrogens (tertiary/aromatic N) is 2. The normalized spacial score (nSPS) is 16.7. The van der Waals surface area contributed by atoms with E-state index in [1.54, 1.807) is 0 Å². The molecule has 4 N–H and O–H groups in total. The SMILES string of the molecule is CC/C(=N/O)C(C)NCCNC(C)/C(CC)=N\O. The number of oxime groups is 2. The number of hydrogen-bond acceptors (Lipinski definition) is 6. The molecular weight excluding hydrogens is 232 g/mol. The van der Waals surface area contributed by atoms with Crippen LogP contribution in [0, 0.1) is 0 Å². The number of hydrogen-bond donors (Lipinski definition) is 4. The van der Waals surface area contributed by atoms with Gasteiger partial charge in [0.1, 0.15) is 0 Å². The van der Waals surface area contributed by atoms with Crippen LogP contribution >= 0.6 is 0 Å². The zero-order valence-electron chi connectivity index (χ0n) is 11.8. The van der Waals surface area contributed by atoms with E-state index >= 15 is 0 Å². The predicted octanol–water partition coefficient (Wildman–Crippen LogP) is 1.42. The summed E-state index contributed by atoms with van der Waals surface area (Å²) in [5, 5.41) is 30.6. The molecule has 2 atom stereocenters. The first-order chi connectivity index (χ1) is 8.60. The minimum atomic E-state index is 0.0641. The van der Waals surface area contributed by atoms with E-state index in [2.05, 4.69) is 20.9 Å². The molecule has 2 unspecified atom stereocenters. The molecule has 0 aromatic rings. The molecule has 0 aliphatic carbocycles. The first-order valence-electron chi connectivity index (χ1n) is 6.49. The van der Waals surface area contributed by atoms with Gasteiger partial charge in [-0.15, -0.1) is 0 Å². The minimum Gasteiger partial charge on any atom is -0.411 e. The highest BCUT2D eigenvalue weighted by Gasteiger charge is 2.10. The summed E-state index contributed by atoms with van der Waals surface area (Å²) in [6.07, 6.45) is 1.46. The molecule has 0 aromatic heterocycles. The van der Waals surface area contributed by atoms with Crippen LogP contribution in [0.2, 0.25) is 0 Å². The number of rotatable bonds is 9. The van der Waals surface area contributed by atoms with Gasteiger partial charge in [0.25, 0.3) is 0 Å². The maximum atomic E-state index is 8.77. The van der Waals surface area contributed by atoms with Crippen LogP contribution in [0.5, 0.6) is 0 Å². The van der Waals surface area contributed by atoms with Gasteiger partial charge in [0.15, 0.2) is 0 Å². The Morgan fingerprint density at radius 3 is 1.44 bits per heavy atom. The second-order valence-corrected chi connectivity index (χ2v) is 4.24. The first kappa shape index (κ1) is 16.9. The number of nitrogens with one attached hydrogen (secondary N) is 2. The summed E-state index contributed by atoms with van der Waals surface area (Å²) < 4.78 is 0. The van der Waals surface area contributed by atoms with Crippen LogP contribution in [0.4, 0.5) is 0 Å². The average Bonchev–Trinajstić information content (AvgIpc) is 2.37. The van der Waals surface area contributed by atoms with Gasteiger partial charge in [0.05, 0.1) is 11.4 Å². The Balaban J connectivity index is 3.87. The molecule has 106 valence electrons. The van der Waals surface area contributed by atoms with Crippen molar-refractivity contribution >= 4 is 11.4 Å². The van der Waals surface area contributed by atoms with Crippen molar-refractivity contribution in [2.75, 3.05) is 13.1 Å². The van der Waals surface area contributed by atoms with Crippen molar-refractivity contribution in [2.24, 2.45) is 10.3 Å². The lowest BCUT2D eigenvalue weighted by molar-refractivity contribution is 0.313. The van der Waals surface area contributed by atoms with Gasteiger partial charge in [0, 0.05) is 25.2 Å². The molecule has 0 bridgehead atoms. The van der Waals surface area contributed by atoms with Crippen molar-refractivity contribution in [2.45, 2.75) is 52.6 Å². The molecule has 0 fully saturated rings. The fourth-order valence-electron chi connectivity index (χ4n) is 1.74. The molecule has 0 radical (unpaired) electrons. The van der Waals surface area contributed by atoms with Gasteiger partial charge >= 0.3 is 0 Å². The largest absolute Gasteiger partial charge is 0.411 e. The zero-order chi connectivity index (χ0) is 14.0. The Kier molecular flexibility index (Phi) is 9.22. The van der Waals surface area contributed by atoms with Crippen LogP contribution in [0.1, 0.15) is 40.5 Å². The second kappa shape index (κ2) is 9.85. The van der Waals surface area contributed by atoms with E-state index in [0.29, 0.717) is 0 Å². The van der Waals surface area contributed by atoms with Crippen LogP contribution in [-0.4, -0.2) is 47.0 Å². The van der Waals surface area contributed by atoms with Gasteiger partial charge in [-0.05, 0) is 26.7 Å². The summed E-state index contributed by atoms with van der Waals surface area (Å²) in [5.74, 6) is 0. The lowest BCUT2D eigenvalue weighted by atomic mass is 10.1. The van der Waals surface area contributed by atoms with Gasteiger partial charge in [-0.1, -0.05) is 24.2 Å². The molecule has 0 spiro atoms. The summed E-state index contributed by atoms with van der Waals surface area (Å²) >= 11 is 0. The minimum absolute atomic E-state index is 0.0641. The molecule has 18 heavy (non-hydrogen) atoms. The molecular formula is C12H26N4O2. The van der Waals surface area contributed by atoms with E-state index in [0.717, 1.165) is 37.4 Å². The van der Waals surface area contributed by atoms with Crippen LogP contribution in [0.15, 0.2) is 10.3 Å². The third kappa shape index (κ3) is 5.97. The van der Waals surface area contributed by atoms with E-state index in [-0.39, 0.29) is 12.1 Å². The average molecular weight is 258 g/mol. The van der Waals surface area contributed by atoms with Gasteiger partial charge in [-0.25, -0.2) is 0 Å². The van der Waals surface area contributed by atoms with Crippen LogP contribution in [-0.2, 0) is 0 Å². The van der Waals surface area contributed by atoms with E-state index in [1.165, 1.54) is 0 Å². The van der Waals surface area contributed by atoms with Gasteiger partial charge in [-0.2, -0.15) is 0 Å². The molecule has 6 heteroatoms. The molecule has 0 saturated carbocycles. The van der Waals surface area contributed by atoms with Crippen molar-refractivity contribution in [1.29, 1.82) is 0 Å². The monoisotopic (exact) mass is 258 g/mol. The first-order valence-corrected chi connectivity index (χ1v) is 6.49. The molecule has 0 aliphatic rings. The third-order valence-corrected chi connectivity index (χ3v) is 3.01. The molecule has 0 saturated heterocycles. The molecule has 6 nitrogen and oxygen atoms in total. The maximum Gasteiger partial charge on any atom is 0.0734 e. The highest BCUT2D eigenvalue weighted by molar-refractivity contribution is 5.88.